The first-order valence-corrected chi connectivity index (χ1v) is 7.92. The Hall–Kier alpha value is -2.72. The van der Waals surface area contributed by atoms with Crippen LogP contribution >= 0.6 is 12.4 Å². The molecule has 0 spiro atoms. The van der Waals surface area contributed by atoms with Crippen molar-refractivity contribution in [1.82, 2.24) is 9.55 Å². The Balaban J connectivity index is 0.00000182. The highest BCUT2D eigenvalue weighted by Gasteiger charge is 2.16. The van der Waals surface area contributed by atoms with Crippen molar-refractivity contribution in [2.45, 2.75) is 20.4 Å². The van der Waals surface area contributed by atoms with Gasteiger partial charge in [0.05, 0.1) is 6.33 Å². The normalized spacial score (nSPS) is 10.6. The van der Waals surface area contributed by atoms with Crippen LogP contribution in [0.15, 0.2) is 65.6 Å². The molecule has 4 aromatic rings. The fourth-order valence-corrected chi connectivity index (χ4v) is 2.93. The lowest BCUT2D eigenvalue weighted by Gasteiger charge is -2.10. The Bertz CT molecular complexity index is 976. The van der Waals surface area contributed by atoms with E-state index in [1.807, 2.05) is 60.4 Å². The highest BCUT2D eigenvalue weighted by atomic mass is 35.5. The second kappa shape index (κ2) is 7.03. The molecule has 0 fully saturated rings. The van der Waals surface area contributed by atoms with Crippen molar-refractivity contribution in [3.63, 3.8) is 0 Å². The molecule has 0 atom stereocenters. The number of para-hydroxylation sites is 1. The van der Waals surface area contributed by atoms with E-state index in [1.54, 1.807) is 6.20 Å². The van der Waals surface area contributed by atoms with Crippen LogP contribution in [0.1, 0.15) is 16.9 Å². The molecule has 0 saturated heterocycles. The fraction of sp³-hybridized carbons (Fsp3) is 0.150. The van der Waals surface area contributed by atoms with E-state index in [4.69, 9.17) is 9.15 Å². The molecule has 2 aromatic heterocycles. The minimum Gasteiger partial charge on any atom is -0.457 e. The zero-order chi connectivity index (χ0) is 16.5. The van der Waals surface area contributed by atoms with Gasteiger partial charge in [-0.05, 0) is 43.2 Å². The predicted molar refractivity (Wildman–Crippen MR) is 101 cm³/mol. The van der Waals surface area contributed by atoms with Crippen LogP contribution in [0.25, 0.3) is 11.0 Å². The van der Waals surface area contributed by atoms with Crippen LogP contribution in [0.4, 0.5) is 0 Å². The average Bonchev–Trinajstić information content (AvgIpc) is 3.20. The van der Waals surface area contributed by atoms with E-state index in [9.17, 15) is 0 Å². The van der Waals surface area contributed by atoms with Gasteiger partial charge in [-0.25, -0.2) is 4.98 Å². The molecular formula is C20H19ClN2O2. The van der Waals surface area contributed by atoms with Crippen LogP contribution in [-0.4, -0.2) is 9.55 Å². The summed E-state index contributed by atoms with van der Waals surface area (Å²) >= 11 is 0. The van der Waals surface area contributed by atoms with E-state index in [0.29, 0.717) is 0 Å². The Labute approximate surface area is 152 Å². The van der Waals surface area contributed by atoms with E-state index in [2.05, 4.69) is 18.0 Å². The number of aryl methyl sites for hydroxylation is 2. The topological polar surface area (TPSA) is 40.2 Å². The zero-order valence-electron chi connectivity index (χ0n) is 14.1. The summed E-state index contributed by atoms with van der Waals surface area (Å²) in [5.74, 6) is 2.45. The third-order valence-corrected chi connectivity index (χ3v) is 4.25. The molecule has 2 heterocycles. The third-order valence-electron chi connectivity index (χ3n) is 4.25. The van der Waals surface area contributed by atoms with E-state index >= 15 is 0 Å². The second-order valence-corrected chi connectivity index (χ2v) is 5.86. The van der Waals surface area contributed by atoms with Gasteiger partial charge in [-0.1, -0.05) is 24.3 Å². The van der Waals surface area contributed by atoms with Crippen LogP contribution < -0.4 is 4.74 Å². The lowest BCUT2D eigenvalue weighted by molar-refractivity contribution is 0.468. The van der Waals surface area contributed by atoms with E-state index in [0.717, 1.165) is 40.3 Å². The van der Waals surface area contributed by atoms with Gasteiger partial charge in [0.25, 0.3) is 0 Å². The number of ether oxygens (including phenoxy) is 1. The Morgan fingerprint density at radius 3 is 2.60 bits per heavy atom. The molecule has 25 heavy (non-hydrogen) atoms. The monoisotopic (exact) mass is 354 g/mol. The minimum atomic E-state index is 0. The highest BCUT2D eigenvalue weighted by molar-refractivity contribution is 5.90. The van der Waals surface area contributed by atoms with Gasteiger partial charge in [-0.3, -0.25) is 0 Å². The first kappa shape index (κ1) is 17.1. The molecule has 2 aromatic carbocycles. The number of benzene rings is 2. The molecule has 5 heteroatoms. The van der Waals surface area contributed by atoms with Gasteiger partial charge in [0.1, 0.15) is 11.5 Å². The van der Waals surface area contributed by atoms with Gasteiger partial charge < -0.3 is 13.7 Å². The molecule has 0 amide bonds. The SMILES string of the molecule is Cc1oc2c(Oc3ccccc3)ccc(Cn3ccnc3)c2c1C.Cl. The molecule has 0 N–H and O–H groups in total. The van der Waals surface area contributed by atoms with Crippen molar-refractivity contribution in [3.05, 3.63) is 78.1 Å². The van der Waals surface area contributed by atoms with Crippen molar-refractivity contribution in [2.24, 2.45) is 0 Å². The maximum Gasteiger partial charge on any atom is 0.177 e. The summed E-state index contributed by atoms with van der Waals surface area (Å²) in [5, 5.41) is 1.12. The predicted octanol–water partition coefficient (Wildman–Crippen LogP) is 5.51. The lowest BCUT2D eigenvalue weighted by Crippen LogP contribution is -1.98. The van der Waals surface area contributed by atoms with Crippen LogP contribution in [-0.2, 0) is 6.54 Å². The summed E-state index contributed by atoms with van der Waals surface area (Å²) in [6.45, 7) is 4.83. The van der Waals surface area contributed by atoms with E-state index in [-0.39, 0.29) is 12.4 Å². The first-order chi connectivity index (χ1) is 11.7. The number of nitrogens with zero attached hydrogens (tertiary/aromatic N) is 2. The summed E-state index contributed by atoms with van der Waals surface area (Å²) in [6.07, 6.45) is 5.57. The van der Waals surface area contributed by atoms with Gasteiger partial charge in [0.2, 0.25) is 0 Å². The van der Waals surface area contributed by atoms with Crippen LogP contribution in [0, 0.1) is 13.8 Å². The summed E-state index contributed by atoms with van der Waals surface area (Å²) in [6, 6.07) is 13.8. The van der Waals surface area contributed by atoms with Crippen molar-refractivity contribution >= 4 is 23.4 Å². The van der Waals surface area contributed by atoms with Crippen LogP contribution in [0.2, 0.25) is 0 Å². The Morgan fingerprint density at radius 2 is 1.88 bits per heavy atom. The molecule has 0 saturated carbocycles. The lowest BCUT2D eigenvalue weighted by atomic mass is 10.1. The van der Waals surface area contributed by atoms with Gasteiger partial charge >= 0.3 is 0 Å². The quantitative estimate of drug-likeness (QED) is 0.485. The number of fused-ring (bicyclic) bond motifs is 1. The minimum absolute atomic E-state index is 0. The molecular weight excluding hydrogens is 336 g/mol. The Morgan fingerprint density at radius 1 is 1.08 bits per heavy atom. The molecule has 0 aliphatic heterocycles. The number of imidazole rings is 1. The maximum atomic E-state index is 6.04. The van der Waals surface area contributed by atoms with Crippen molar-refractivity contribution in [3.8, 4) is 11.5 Å². The molecule has 0 bridgehead atoms. The molecule has 0 aliphatic carbocycles. The average molecular weight is 355 g/mol. The standard InChI is InChI=1S/C20H18N2O2.ClH/c1-14-15(2)23-20-18(24-17-6-4-3-5-7-17)9-8-16(19(14)20)12-22-11-10-21-13-22;/h3-11,13H,12H2,1-2H3;1H. The number of hydrogen-bond acceptors (Lipinski definition) is 3. The van der Waals surface area contributed by atoms with Crippen LogP contribution in [0.3, 0.4) is 0 Å². The number of furan rings is 1. The molecule has 4 rings (SSSR count). The molecule has 4 nitrogen and oxygen atoms in total. The number of aromatic nitrogens is 2. The van der Waals surface area contributed by atoms with Crippen molar-refractivity contribution in [1.29, 1.82) is 0 Å². The summed E-state index contributed by atoms with van der Waals surface area (Å²) in [7, 11) is 0. The number of halogens is 1. The summed E-state index contributed by atoms with van der Waals surface area (Å²) in [4.78, 5) is 4.11. The largest absolute Gasteiger partial charge is 0.457 e. The maximum absolute atomic E-state index is 6.04. The van der Waals surface area contributed by atoms with Crippen molar-refractivity contribution in [2.75, 3.05) is 0 Å². The molecule has 0 aliphatic rings. The number of hydrogen-bond donors (Lipinski definition) is 0. The third kappa shape index (κ3) is 3.26. The smallest absolute Gasteiger partial charge is 0.177 e. The van der Waals surface area contributed by atoms with E-state index in [1.165, 1.54) is 5.56 Å². The molecule has 0 radical (unpaired) electrons. The van der Waals surface area contributed by atoms with Crippen LogP contribution in [0.5, 0.6) is 11.5 Å². The van der Waals surface area contributed by atoms with Gasteiger partial charge in [-0.15, -0.1) is 12.4 Å². The summed E-state index contributed by atoms with van der Waals surface area (Å²) < 4.78 is 14.1. The summed E-state index contributed by atoms with van der Waals surface area (Å²) in [5.41, 5.74) is 3.14. The van der Waals surface area contributed by atoms with E-state index < -0.39 is 0 Å². The molecule has 0 unspecified atom stereocenters. The molecule has 128 valence electrons. The fourth-order valence-electron chi connectivity index (χ4n) is 2.93. The van der Waals surface area contributed by atoms with Gasteiger partial charge in [0, 0.05) is 24.3 Å². The zero-order valence-corrected chi connectivity index (χ0v) is 14.9. The van der Waals surface area contributed by atoms with Gasteiger partial charge in [-0.2, -0.15) is 0 Å². The second-order valence-electron chi connectivity index (χ2n) is 5.86. The highest BCUT2D eigenvalue weighted by Crippen LogP contribution is 2.37. The first-order valence-electron chi connectivity index (χ1n) is 7.92. The number of rotatable bonds is 4. The van der Waals surface area contributed by atoms with Crippen molar-refractivity contribution < 1.29 is 9.15 Å². The Kier molecular flexibility index (Phi) is 4.81. The van der Waals surface area contributed by atoms with Gasteiger partial charge in [0.15, 0.2) is 11.3 Å².